The lowest BCUT2D eigenvalue weighted by Crippen LogP contribution is -2.47. The van der Waals surface area contributed by atoms with Crippen molar-refractivity contribution in [1.82, 2.24) is 20.0 Å². The third-order valence-corrected chi connectivity index (χ3v) is 4.94. The number of piperidine rings is 1. The fraction of sp³-hybridized carbons (Fsp3) is 0.500. The Morgan fingerprint density at radius 3 is 2.68 bits per heavy atom. The number of rotatable bonds is 5. The zero-order valence-corrected chi connectivity index (χ0v) is 15.5. The van der Waals surface area contributed by atoms with E-state index in [9.17, 15) is 4.79 Å². The molecule has 5 nitrogen and oxygen atoms in total. The predicted octanol–water partition coefficient (Wildman–Crippen LogP) is 2.76. The van der Waals surface area contributed by atoms with E-state index in [0.29, 0.717) is 0 Å². The molecule has 3 rings (SSSR count). The number of nitrogens with zero attached hydrogens (tertiary/aromatic N) is 3. The van der Waals surface area contributed by atoms with Crippen molar-refractivity contribution in [3.05, 3.63) is 52.8 Å². The van der Waals surface area contributed by atoms with Gasteiger partial charge in [0, 0.05) is 23.8 Å². The highest BCUT2D eigenvalue weighted by molar-refractivity contribution is 5.94. The average Bonchev–Trinajstić information content (AvgIpc) is 2.93. The van der Waals surface area contributed by atoms with Crippen molar-refractivity contribution in [2.24, 2.45) is 0 Å². The second kappa shape index (κ2) is 7.83. The van der Waals surface area contributed by atoms with E-state index >= 15 is 0 Å². The first-order valence-electron chi connectivity index (χ1n) is 9.18. The summed E-state index contributed by atoms with van der Waals surface area (Å²) < 4.78 is 1.99. The number of aromatic nitrogens is 2. The van der Waals surface area contributed by atoms with E-state index in [-0.39, 0.29) is 11.9 Å². The molecule has 1 aliphatic rings. The van der Waals surface area contributed by atoms with Crippen LogP contribution in [0.5, 0.6) is 0 Å². The van der Waals surface area contributed by atoms with E-state index in [2.05, 4.69) is 35.2 Å². The van der Waals surface area contributed by atoms with Gasteiger partial charge in [-0.15, -0.1) is 0 Å². The van der Waals surface area contributed by atoms with Crippen LogP contribution in [-0.4, -0.2) is 46.3 Å². The molecule has 1 amide bonds. The van der Waals surface area contributed by atoms with Crippen molar-refractivity contribution in [1.29, 1.82) is 0 Å². The fourth-order valence-electron chi connectivity index (χ4n) is 3.50. The number of likely N-dealkylation sites (N-methyl/N-ethyl adjacent to an activating group) is 1. The molecular formula is C20H28N4O. The van der Waals surface area contributed by atoms with E-state index in [1.165, 1.54) is 0 Å². The fourth-order valence-corrected chi connectivity index (χ4v) is 3.50. The molecule has 1 aromatic heterocycles. The van der Waals surface area contributed by atoms with Gasteiger partial charge in [-0.1, -0.05) is 19.1 Å². The third-order valence-electron chi connectivity index (χ3n) is 4.94. The SMILES string of the molecule is CCN1CCC[C@H](NC(=O)c2ccc(Cn3nc(C)cc3C)cc2)C1. The van der Waals surface area contributed by atoms with E-state index in [4.69, 9.17) is 0 Å². The average molecular weight is 340 g/mol. The highest BCUT2D eigenvalue weighted by atomic mass is 16.1. The quantitative estimate of drug-likeness (QED) is 0.910. The van der Waals surface area contributed by atoms with E-state index < -0.39 is 0 Å². The first-order chi connectivity index (χ1) is 12.0. The summed E-state index contributed by atoms with van der Waals surface area (Å²) in [6.07, 6.45) is 2.22. The number of amides is 1. The lowest BCUT2D eigenvalue weighted by molar-refractivity contribution is 0.0906. The number of carbonyl (C=O) groups excluding carboxylic acids is 1. The van der Waals surface area contributed by atoms with Gasteiger partial charge < -0.3 is 10.2 Å². The Balaban J connectivity index is 1.59. The second-order valence-corrected chi connectivity index (χ2v) is 6.99. The van der Waals surface area contributed by atoms with Gasteiger partial charge >= 0.3 is 0 Å². The molecule has 1 aliphatic heterocycles. The van der Waals surface area contributed by atoms with Gasteiger partial charge in [-0.25, -0.2) is 0 Å². The monoisotopic (exact) mass is 340 g/mol. The summed E-state index contributed by atoms with van der Waals surface area (Å²) in [6, 6.07) is 10.2. The topological polar surface area (TPSA) is 50.2 Å². The van der Waals surface area contributed by atoms with Gasteiger partial charge in [0.1, 0.15) is 0 Å². The molecule has 0 bridgehead atoms. The van der Waals surface area contributed by atoms with Crippen LogP contribution in [0.1, 0.15) is 47.1 Å². The number of carbonyl (C=O) groups is 1. The summed E-state index contributed by atoms with van der Waals surface area (Å²) in [5.74, 6) is 0.0283. The third kappa shape index (κ3) is 4.48. The molecule has 0 aliphatic carbocycles. The van der Waals surface area contributed by atoms with Gasteiger partial charge in [0.15, 0.2) is 0 Å². The zero-order valence-electron chi connectivity index (χ0n) is 15.5. The number of aryl methyl sites for hydroxylation is 2. The first kappa shape index (κ1) is 17.7. The molecule has 2 heterocycles. The van der Waals surface area contributed by atoms with Gasteiger partial charge in [0.25, 0.3) is 5.91 Å². The maximum Gasteiger partial charge on any atom is 0.251 e. The zero-order chi connectivity index (χ0) is 17.8. The molecule has 134 valence electrons. The molecule has 5 heteroatoms. The van der Waals surface area contributed by atoms with Crippen molar-refractivity contribution in [2.75, 3.05) is 19.6 Å². The van der Waals surface area contributed by atoms with Crippen LogP contribution in [0.3, 0.4) is 0 Å². The minimum absolute atomic E-state index is 0.0283. The van der Waals surface area contributed by atoms with Crippen molar-refractivity contribution < 1.29 is 4.79 Å². The minimum Gasteiger partial charge on any atom is -0.348 e. The Labute approximate surface area is 150 Å². The molecular weight excluding hydrogens is 312 g/mol. The highest BCUT2D eigenvalue weighted by Gasteiger charge is 2.20. The Hall–Kier alpha value is -2.14. The molecule has 0 unspecified atom stereocenters. The van der Waals surface area contributed by atoms with Gasteiger partial charge in [0.05, 0.1) is 12.2 Å². The number of hydrogen-bond acceptors (Lipinski definition) is 3. The number of likely N-dealkylation sites (tertiary alicyclic amines) is 1. The number of benzene rings is 1. The molecule has 1 atom stereocenters. The predicted molar refractivity (Wildman–Crippen MR) is 99.8 cm³/mol. The smallest absolute Gasteiger partial charge is 0.251 e. The van der Waals surface area contributed by atoms with Crippen LogP contribution < -0.4 is 5.32 Å². The molecule has 0 spiro atoms. The summed E-state index contributed by atoms with van der Waals surface area (Å²) in [4.78, 5) is 14.9. The van der Waals surface area contributed by atoms with E-state index in [1.54, 1.807) is 0 Å². The maximum atomic E-state index is 12.5. The Morgan fingerprint density at radius 1 is 1.28 bits per heavy atom. The van der Waals surface area contributed by atoms with Crippen LogP contribution in [0, 0.1) is 13.8 Å². The lowest BCUT2D eigenvalue weighted by Gasteiger charge is -2.32. The van der Waals surface area contributed by atoms with Gasteiger partial charge in [-0.2, -0.15) is 5.10 Å². The Morgan fingerprint density at radius 2 is 2.04 bits per heavy atom. The van der Waals surface area contributed by atoms with Crippen molar-refractivity contribution >= 4 is 5.91 Å². The maximum absolute atomic E-state index is 12.5. The standard InChI is InChI=1S/C20H28N4O/c1-4-23-11-5-6-19(14-23)21-20(25)18-9-7-17(8-10-18)13-24-16(3)12-15(2)22-24/h7-10,12,19H,4-6,11,13-14H2,1-3H3,(H,21,25)/t19-/m0/s1. The molecule has 0 radical (unpaired) electrons. The van der Waals surface area contributed by atoms with E-state index in [1.807, 2.05) is 35.9 Å². The number of nitrogens with one attached hydrogen (secondary N) is 1. The molecule has 1 N–H and O–H groups in total. The normalized spacial score (nSPS) is 18.3. The highest BCUT2D eigenvalue weighted by Crippen LogP contribution is 2.12. The van der Waals surface area contributed by atoms with Crippen LogP contribution in [-0.2, 0) is 6.54 Å². The second-order valence-electron chi connectivity index (χ2n) is 6.99. The molecule has 1 aromatic carbocycles. The lowest BCUT2D eigenvalue weighted by atomic mass is 10.0. The van der Waals surface area contributed by atoms with Crippen molar-refractivity contribution in [2.45, 2.75) is 46.2 Å². The van der Waals surface area contributed by atoms with Crippen LogP contribution in [0.25, 0.3) is 0 Å². The Kier molecular flexibility index (Phi) is 5.53. The van der Waals surface area contributed by atoms with E-state index in [0.717, 1.165) is 61.5 Å². The molecule has 2 aromatic rings. The molecule has 25 heavy (non-hydrogen) atoms. The van der Waals surface area contributed by atoms with Crippen LogP contribution in [0.2, 0.25) is 0 Å². The number of hydrogen-bond donors (Lipinski definition) is 1. The van der Waals surface area contributed by atoms with Gasteiger partial charge in [-0.05, 0) is 63.5 Å². The first-order valence-corrected chi connectivity index (χ1v) is 9.18. The van der Waals surface area contributed by atoms with Gasteiger partial charge in [0.2, 0.25) is 0 Å². The van der Waals surface area contributed by atoms with Crippen LogP contribution in [0.4, 0.5) is 0 Å². The van der Waals surface area contributed by atoms with Gasteiger partial charge in [-0.3, -0.25) is 9.48 Å². The molecule has 0 saturated carbocycles. The van der Waals surface area contributed by atoms with Crippen LogP contribution in [0.15, 0.2) is 30.3 Å². The van der Waals surface area contributed by atoms with Crippen molar-refractivity contribution in [3.63, 3.8) is 0 Å². The molecule has 1 fully saturated rings. The largest absolute Gasteiger partial charge is 0.348 e. The summed E-state index contributed by atoms with van der Waals surface area (Å²) in [7, 11) is 0. The summed E-state index contributed by atoms with van der Waals surface area (Å²) in [6.45, 7) is 10.1. The summed E-state index contributed by atoms with van der Waals surface area (Å²) >= 11 is 0. The Bertz CT molecular complexity index is 720. The molecule has 1 saturated heterocycles. The van der Waals surface area contributed by atoms with Crippen molar-refractivity contribution in [3.8, 4) is 0 Å². The van der Waals surface area contributed by atoms with Crippen LogP contribution >= 0.6 is 0 Å². The summed E-state index contributed by atoms with van der Waals surface area (Å²) in [5.41, 5.74) is 4.06. The minimum atomic E-state index is 0.0283. The summed E-state index contributed by atoms with van der Waals surface area (Å²) in [5, 5.41) is 7.67.